The minimum atomic E-state index is 0.119. The maximum absolute atomic E-state index is 12.6. The summed E-state index contributed by atoms with van der Waals surface area (Å²) in [6, 6.07) is 0. The van der Waals surface area contributed by atoms with Crippen LogP contribution in [0.1, 0.15) is 39.0 Å². The summed E-state index contributed by atoms with van der Waals surface area (Å²) in [7, 11) is 0. The number of nitrogens with two attached hydrogens (primary N) is 1. The summed E-state index contributed by atoms with van der Waals surface area (Å²) in [5.41, 5.74) is 5.78. The zero-order valence-corrected chi connectivity index (χ0v) is 12.5. The van der Waals surface area contributed by atoms with Crippen LogP contribution in [-0.4, -0.2) is 54.3 Å². The highest BCUT2D eigenvalue weighted by molar-refractivity contribution is 5.80. The summed E-state index contributed by atoms with van der Waals surface area (Å²) >= 11 is 0. The van der Waals surface area contributed by atoms with Gasteiger partial charge >= 0.3 is 0 Å². The van der Waals surface area contributed by atoms with Gasteiger partial charge in [-0.25, -0.2) is 0 Å². The molecule has 2 amide bonds. The number of nitrogens with zero attached hydrogens (tertiary/aromatic N) is 2. The van der Waals surface area contributed by atoms with Gasteiger partial charge < -0.3 is 15.5 Å². The summed E-state index contributed by atoms with van der Waals surface area (Å²) in [6.07, 6.45) is 4.62. The van der Waals surface area contributed by atoms with E-state index in [2.05, 4.69) is 0 Å². The first kappa shape index (κ1) is 15.3. The number of rotatable bonds is 3. The van der Waals surface area contributed by atoms with Gasteiger partial charge in [-0.2, -0.15) is 0 Å². The van der Waals surface area contributed by atoms with Gasteiger partial charge in [-0.15, -0.1) is 0 Å². The second-order valence-corrected chi connectivity index (χ2v) is 5.95. The molecule has 5 heteroatoms. The van der Waals surface area contributed by atoms with Crippen molar-refractivity contribution in [1.82, 2.24) is 9.80 Å². The molecule has 0 spiro atoms. The average Bonchev–Trinajstić information content (AvgIpc) is 2.81. The lowest BCUT2D eigenvalue weighted by Crippen LogP contribution is -2.41. The highest BCUT2D eigenvalue weighted by Crippen LogP contribution is 2.32. The Hall–Kier alpha value is -1.10. The van der Waals surface area contributed by atoms with E-state index in [1.165, 1.54) is 0 Å². The molecule has 1 heterocycles. The predicted octanol–water partition coefficient (Wildman–Crippen LogP) is 0.832. The SMILES string of the molecule is CCC(=O)N1CCCN(C(=O)C2CCCC2CN)CC1. The third kappa shape index (κ3) is 3.32. The fourth-order valence-corrected chi connectivity index (χ4v) is 3.49. The molecular formula is C15H27N3O2. The summed E-state index contributed by atoms with van der Waals surface area (Å²) in [5.74, 6) is 0.941. The molecule has 0 aromatic heterocycles. The van der Waals surface area contributed by atoms with E-state index in [1.54, 1.807) is 0 Å². The average molecular weight is 281 g/mol. The fraction of sp³-hybridized carbons (Fsp3) is 0.867. The minimum Gasteiger partial charge on any atom is -0.341 e. The van der Waals surface area contributed by atoms with Gasteiger partial charge in [-0.1, -0.05) is 13.3 Å². The second-order valence-electron chi connectivity index (χ2n) is 5.95. The quantitative estimate of drug-likeness (QED) is 0.833. The maximum Gasteiger partial charge on any atom is 0.226 e. The number of hydrogen-bond acceptors (Lipinski definition) is 3. The normalized spacial score (nSPS) is 27.5. The third-order valence-corrected chi connectivity index (χ3v) is 4.74. The van der Waals surface area contributed by atoms with E-state index in [0.29, 0.717) is 32.0 Å². The Balaban J connectivity index is 1.93. The topological polar surface area (TPSA) is 66.6 Å². The molecular weight excluding hydrogens is 254 g/mol. The van der Waals surface area contributed by atoms with Gasteiger partial charge in [0.2, 0.25) is 11.8 Å². The zero-order valence-electron chi connectivity index (χ0n) is 12.5. The minimum absolute atomic E-state index is 0.119. The van der Waals surface area contributed by atoms with Crippen LogP contribution in [-0.2, 0) is 9.59 Å². The van der Waals surface area contributed by atoms with Crippen molar-refractivity contribution in [1.29, 1.82) is 0 Å². The standard InChI is InChI=1S/C15H27N3O2/c1-2-14(19)17-7-4-8-18(10-9-17)15(20)13-6-3-5-12(13)11-16/h12-13H,2-11,16H2,1H3. The molecule has 5 nitrogen and oxygen atoms in total. The molecule has 2 N–H and O–H groups in total. The Kier molecular flexibility index (Phi) is 5.40. The van der Waals surface area contributed by atoms with Crippen LogP contribution in [0, 0.1) is 11.8 Å². The molecule has 0 aromatic rings. The molecule has 2 atom stereocenters. The highest BCUT2D eigenvalue weighted by Gasteiger charge is 2.35. The lowest BCUT2D eigenvalue weighted by molar-refractivity contribution is -0.137. The van der Waals surface area contributed by atoms with Gasteiger partial charge in [-0.3, -0.25) is 9.59 Å². The molecule has 114 valence electrons. The molecule has 2 fully saturated rings. The third-order valence-electron chi connectivity index (χ3n) is 4.74. The van der Waals surface area contributed by atoms with E-state index < -0.39 is 0 Å². The molecule has 1 saturated carbocycles. The summed E-state index contributed by atoms with van der Waals surface area (Å²) in [6.45, 7) is 5.42. The fourth-order valence-electron chi connectivity index (χ4n) is 3.49. The lowest BCUT2D eigenvalue weighted by atomic mass is 9.94. The van der Waals surface area contributed by atoms with Crippen LogP contribution in [0.25, 0.3) is 0 Å². The molecule has 1 aliphatic heterocycles. The Morgan fingerprint density at radius 1 is 1.05 bits per heavy atom. The smallest absolute Gasteiger partial charge is 0.226 e. The second kappa shape index (κ2) is 7.07. The number of carbonyl (C=O) groups excluding carboxylic acids is 2. The monoisotopic (exact) mass is 281 g/mol. The van der Waals surface area contributed by atoms with Crippen LogP contribution in [0.3, 0.4) is 0 Å². The van der Waals surface area contributed by atoms with Crippen molar-refractivity contribution in [3.05, 3.63) is 0 Å². The number of carbonyl (C=O) groups is 2. The Labute approximate surface area is 121 Å². The molecule has 2 rings (SSSR count). The van der Waals surface area contributed by atoms with Crippen LogP contribution in [0.2, 0.25) is 0 Å². The van der Waals surface area contributed by atoms with Crippen molar-refractivity contribution >= 4 is 11.8 Å². The van der Waals surface area contributed by atoms with Crippen molar-refractivity contribution in [3.8, 4) is 0 Å². The van der Waals surface area contributed by atoms with E-state index in [1.807, 2.05) is 16.7 Å². The van der Waals surface area contributed by atoms with Crippen LogP contribution in [0.5, 0.6) is 0 Å². The van der Waals surface area contributed by atoms with Crippen molar-refractivity contribution in [3.63, 3.8) is 0 Å². The van der Waals surface area contributed by atoms with Crippen molar-refractivity contribution in [2.75, 3.05) is 32.7 Å². The van der Waals surface area contributed by atoms with Crippen molar-refractivity contribution in [2.24, 2.45) is 17.6 Å². The van der Waals surface area contributed by atoms with Crippen LogP contribution in [0.4, 0.5) is 0 Å². The van der Waals surface area contributed by atoms with Crippen LogP contribution >= 0.6 is 0 Å². The Morgan fingerprint density at radius 3 is 2.45 bits per heavy atom. The van der Waals surface area contributed by atoms with Crippen LogP contribution < -0.4 is 5.73 Å². The molecule has 0 bridgehead atoms. The van der Waals surface area contributed by atoms with Gasteiger partial charge in [0.15, 0.2) is 0 Å². The lowest BCUT2D eigenvalue weighted by Gasteiger charge is -2.27. The highest BCUT2D eigenvalue weighted by atomic mass is 16.2. The van der Waals surface area contributed by atoms with Gasteiger partial charge in [0.25, 0.3) is 0 Å². The Bertz CT molecular complexity index is 359. The molecule has 2 aliphatic rings. The molecule has 0 radical (unpaired) electrons. The summed E-state index contributed by atoms with van der Waals surface area (Å²) in [5, 5.41) is 0. The van der Waals surface area contributed by atoms with Crippen molar-refractivity contribution in [2.45, 2.75) is 39.0 Å². The van der Waals surface area contributed by atoms with Crippen LogP contribution in [0.15, 0.2) is 0 Å². The molecule has 1 saturated heterocycles. The molecule has 1 aliphatic carbocycles. The van der Waals surface area contributed by atoms with Crippen molar-refractivity contribution < 1.29 is 9.59 Å². The van der Waals surface area contributed by atoms with Gasteiger partial charge in [0, 0.05) is 38.5 Å². The first-order chi connectivity index (χ1) is 9.67. The van der Waals surface area contributed by atoms with Gasteiger partial charge in [-0.05, 0) is 31.7 Å². The van der Waals surface area contributed by atoms with Gasteiger partial charge in [0.05, 0.1) is 0 Å². The summed E-state index contributed by atoms with van der Waals surface area (Å²) < 4.78 is 0. The van der Waals surface area contributed by atoms with E-state index >= 15 is 0 Å². The summed E-state index contributed by atoms with van der Waals surface area (Å²) in [4.78, 5) is 28.2. The van der Waals surface area contributed by atoms with Gasteiger partial charge in [0.1, 0.15) is 0 Å². The van der Waals surface area contributed by atoms with E-state index in [9.17, 15) is 9.59 Å². The maximum atomic E-state index is 12.6. The number of hydrogen-bond donors (Lipinski definition) is 1. The first-order valence-corrected chi connectivity index (χ1v) is 7.94. The molecule has 20 heavy (non-hydrogen) atoms. The largest absolute Gasteiger partial charge is 0.341 e. The zero-order chi connectivity index (χ0) is 14.5. The predicted molar refractivity (Wildman–Crippen MR) is 78.0 cm³/mol. The van der Waals surface area contributed by atoms with E-state index in [0.717, 1.165) is 38.8 Å². The number of amides is 2. The first-order valence-electron chi connectivity index (χ1n) is 7.94. The molecule has 0 aromatic carbocycles. The molecule has 2 unspecified atom stereocenters. The van der Waals surface area contributed by atoms with E-state index in [4.69, 9.17) is 5.73 Å². The Morgan fingerprint density at radius 2 is 1.75 bits per heavy atom. The van der Waals surface area contributed by atoms with E-state index in [-0.39, 0.29) is 17.7 Å².